The van der Waals surface area contributed by atoms with Gasteiger partial charge in [0.15, 0.2) is 11.5 Å². The number of carbonyl (C=O) groups is 1. The van der Waals surface area contributed by atoms with Crippen molar-refractivity contribution in [2.45, 2.75) is 30.7 Å². The molecule has 2 aliphatic heterocycles. The fraction of sp³-hybridized carbons (Fsp3) is 0.350. The van der Waals surface area contributed by atoms with E-state index in [1.165, 1.54) is 12.1 Å². The highest BCUT2D eigenvalue weighted by atomic mass is 32.2. The molecule has 1 fully saturated rings. The predicted octanol–water partition coefficient (Wildman–Crippen LogP) is 2.45. The summed E-state index contributed by atoms with van der Waals surface area (Å²) < 4.78 is 39.0. The molecule has 1 saturated heterocycles. The summed E-state index contributed by atoms with van der Waals surface area (Å²) in [6, 6.07) is 12.0. The Bertz CT molecular complexity index is 973. The van der Waals surface area contributed by atoms with E-state index in [1.54, 1.807) is 11.0 Å². The van der Waals surface area contributed by atoms with Gasteiger partial charge in [-0.3, -0.25) is 4.79 Å². The van der Waals surface area contributed by atoms with E-state index in [0.29, 0.717) is 31.1 Å². The summed E-state index contributed by atoms with van der Waals surface area (Å²) in [4.78, 5) is 13.7. The number of ether oxygens (including phenoxy) is 2. The predicted molar refractivity (Wildman–Crippen MR) is 104 cm³/mol. The number of hydrogen-bond donors (Lipinski definition) is 1. The largest absolute Gasteiger partial charge is 0.490 e. The summed E-state index contributed by atoms with van der Waals surface area (Å²) >= 11 is 0. The van der Waals surface area contributed by atoms with Crippen LogP contribution in [0.1, 0.15) is 24.8 Å². The fourth-order valence-electron chi connectivity index (χ4n) is 3.29. The van der Waals surface area contributed by atoms with E-state index in [-0.39, 0.29) is 17.3 Å². The van der Waals surface area contributed by atoms with Crippen molar-refractivity contribution < 1.29 is 22.7 Å². The molecule has 1 N–H and O–H groups in total. The molecule has 148 valence electrons. The number of nitrogens with zero attached hydrogens (tertiary/aromatic N) is 1. The van der Waals surface area contributed by atoms with Crippen LogP contribution in [-0.4, -0.2) is 34.1 Å². The van der Waals surface area contributed by atoms with Gasteiger partial charge >= 0.3 is 0 Å². The highest BCUT2D eigenvalue weighted by Crippen LogP contribution is 2.32. The monoisotopic (exact) mass is 402 g/mol. The summed E-state index contributed by atoms with van der Waals surface area (Å²) in [5.74, 6) is 1.13. The third-order valence-electron chi connectivity index (χ3n) is 4.82. The van der Waals surface area contributed by atoms with E-state index in [4.69, 9.17) is 9.47 Å². The highest BCUT2D eigenvalue weighted by Gasteiger charge is 2.22. The first-order chi connectivity index (χ1) is 13.5. The van der Waals surface area contributed by atoms with Gasteiger partial charge < -0.3 is 14.4 Å². The smallest absolute Gasteiger partial charge is 0.241 e. The lowest BCUT2D eigenvalue weighted by atomic mass is 10.2. The number of anilines is 1. The molecule has 2 aliphatic rings. The maximum Gasteiger partial charge on any atom is 0.241 e. The van der Waals surface area contributed by atoms with Crippen LogP contribution in [0, 0.1) is 0 Å². The highest BCUT2D eigenvalue weighted by molar-refractivity contribution is 7.89. The van der Waals surface area contributed by atoms with E-state index in [2.05, 4.69) is 4.72 Å². The summed E-state index contributed by atoms with van der Waals surface area (Å²) in [5, 5.41) is 0. The minimum Gasteiger partial charge on any atom is -0.490 e. The van der Waals surface area contributed by atoms with Crippen LogP contribution < -0.4 is 19.1 Å². The van der Waals surface area contributed by atoms with Gasteiger partial charge in [0.05, 0.1) is 18.1 Å². The van der Waals surface area contributed by atoms with Crippen molar-refractivity contribution in [2.24, 2.45) is 0 Å². The number of nitrogens with one attached hydrogen (secondary N) is 1. The molecule has 0 spiro atoms. The van der Waals surface area contributed by atoms with E-state index in [1.807, 2.05) is 24.3 Å². The van der Waals surface area contributed by atoms with Gasteiger partial charge in [0.2, 0.25) is 15.9 Å². The molecule has 2 heterocycles. The lowest BCUT2D eigenvalue weighted by Crippen LogP contribution is -2.24. The fourth-order valence-corrected chi connectivity index (χ4v) is 4.32. The van der Waals surface area contributed by atoms with E-state index in [9.17, 15) is 13.2 Å². The molecular weight excluding hydrogens is 380 g/mol. The Hall–Kier alpha value is -2.58. The SMILES string of the molecule is O=C1CCCN1c1ccc(CNS(=O)(=O)c2ccc3c(c2)OCCCO3)cc1. The molecule has 2 aromatic rings. The average molecular weight is 402 g/mol. The molecule has 8 heteroatoms. The zero-order valence-corrected chi connectivity index (χ0v) is 16.2. The number of carbonyl (C=O) groups excluding carboxylic acids is 1. The average Bonchev–Trinajstić information content (AvgIpc) is 2.99. The van der Waals surface area contributed by atoms with Crippen molar-refractivity contribution in [3.8, 4) is 11.5 Å². The Labute approximate surface area is 164 Å². The molecule has 4 rings (SSSR count). The summed E-state index contributed by atoms with van der Waals surface area (Å²) in [6.45, 7) is 1.94. The molecule has 0 atom stereocenters. The van der Waals surface area contributed by atoms with Gasteiger partial charge in [-0.05, 0) is 36.2 Å². The maximum atomic E-state index is 12.6. The van der Waals surface area contributed by atoms with Crippen molar-refractivity contribution in [1.82, 2.24) is 4.72 Å². The molecular formula is C20H22N2O5S. The third-order valence-corrected chi connectivity index (χ3v) is 6.22. The molecule has 0 aromatic heterocycles. The maximum absolute atomic E-state index is 12.6. The van der Waals surface area contributed by atoms with Gasteiger partial charge in [0.1, 0.15) is 0 Å². The van der Waals surface area contributed by atoms with Gasteiger partial charge in [-0.1, -0.05) is 12.1 Å². The Balaban J connectivity index is 1.44. The van der Waals surface area contributed by atoms with E-state index >= 15 is 0 Å². The molecule has 0 radical (unpaired) electrons. The van der Waals surface area contributed by atoms with Crippen molar-refractivity contribution in [3.05, 3.63) is 48.0 Å². The molecule has 0 aliphatic carbocycles. The van der Waals surface area contributed by atoms with E-state index in [0.717, 1.165) is 30.6 Å². The Kier molecular flexibility index (Phi) is 5.23. The molecule has 1 amide bonds. The van der Waals surface area contributed by atoms with Gasteiger partial charge in [0, 0.05) is 37.7 Å². The van der Waals surface area contributed by atoms with Crippen LogP contribution in [0.25, 0.3) is 0 Å². The Morgan fingerprint density at radius 1 is 0.964 bits per heavy atom. The quantitative estimate of drug-likeness (QED) is 0.830. The zero-order chi connectivity index (χ0) is 19.6. The molecule has 7 nitrogen and oxygen atoms in total. The topological polar surface area (TPSA) is 84.9 Å². The van der Waals surface area contributed by atoms with Crippen molar-refractivity contribution >= 4 is 21.6 Å². The number of fused-ring (bicyclic) bond motifs is 1. The second-order valence-electron chi connectivity index (χ2n) is 6.80. The van der Waals surface area contributed by atoms with Crippen molar-refractivity contribution in [2.75, 3.05) is 24.7 Å². The van der Waals surface area contributed by atoms with Crippen LogP contribution in [-0.2, 0) is 21.4 Å². The lowest BCUT2D eigenvalue weighted by Gasteiger charge is -2.16. The molecule has 0 unspecified atom stereocenters. The normalized spacial score (nSPS) is 16.9. The zero-order valence-electron chi connectivity index (χ0n) is 15.4. The van der Waals surface area contributed by atoms with Crippen LogP contribution in [0.5, 0.6) is 11.5 Å². The minimum absolute atomic E-state index is 0.128. The number of hydrogen-bond acceptors (Lipinski definition) is 5. The van der Waals surface area contributed by atoms with Crippen LogP contribution in [0.4, 0.5) is 5.69 Å². The van der Waals surface area contributed by atoms with Crippen molar-refractivity contribution in [1.29, 1.82) is 0 Å². The third kappa shape index (κ3) is 3.98. The Morgan fingerprint density at radius 3 is 2.43 bits per heavy atom. The number of amides is 1. The first-order valence-electron chi connectivity index (χ1n) is 9.31. The Morgan fingerprint density at radius 2 is 1.71 bits per heavy atom. The number of sulfonamides is 1. The standard InChI is InChI=1S/C20H22N2O5S/c23-20-3-1-10-22(20)16-6-4-15(5-7-16)14-21-28(24,25)17-8-9-18-19(13-17)27-12-2-11-26-18/h4-9,13,21H,1-3,10-12,14H2. The summed E-state index contributed by atoms with van der Waals surface area (Å²) in [5.41, 5.74) is 1.66. The van der Waals surface area contributed by atoms with Gasteiger partial charge in [-0.15, -0.1) is 0 Å². The summed E-state index contributed by atoms with van der Waals surface area (Å²) in [6.07, 6.45) is 2.21. The summed E-state index contributed by atoms with van der Waals surface area (Å²) in [7, 11) is -3.69. The van der Waals surface area contributed by atoms with Gasteiger partial charge in [-0.25, -0.2) is 13.1 Å². The second kappa shape index (κ2) is 7.81. The van der Waals surface area contributed by atoms with Crippen molar-refractivity contribution in [3.63, 3.8) is 0 Å². The molecule has 28 heavy (non-hydrogen) atoms. The van der Waals surface area contributed by atoms with Crippen LogP contribution in [0.2, 0.25) is 0 Å². The van der Waals surface area contributed by atoms with Crippen LogP contribution >= 0.6 is 0 Å². The first-order valence-corrected chi connectivity index (χ1v) is 10.8. The molecule has 0 saturated carbocycles. The minimum atomic E-state index is -3.69. The lowest BCUT2D eigenvalue weighted by molar-refractivity contribution is -0.117. The second-order valence-corrected chi connectivity index (χ2v) is 8.57. The first kappa shape index (κ1) is 18.8. The molecule has 0 bridgehead atoms. The number of benzene rings is 2. The van der Waals surface area contributed by atoms with Gasteiger partial charge in [-0.2, -0.15) is 0 Å². The van der Waals surface area contributed by atoms with Crippen LogP contribution in [0.15, 0.2) is 47.4 Å². The van der Waals surface area contributed by atoms with E-state index < -0.39 is 10.0 Å². The van der Waals surface area contributed by atoms with Crippen LogP contribution in [0.3, 0.4) is 0 Å². The molecule has 2 aromatic carbocycles. The van der Waals surface area contributed by atoms with Gasteiger partial charge in [0.25, 0.3) is 0 Å². The number of rotatable bonds is 5.